The summed E-state index contributed by atoms with van der Waals surface area (Å²) in [5, 5.41) is 10.2. The lowest BCUT2D eigenvalue weighted by Gasteiger charge is -1.93. The molecule has 0 heterocycles. The van der Waals surface area contributed by atoms with Crippen LogP contribution in [0.2, 0.25) is 0 Å². The van der Waals surface area contributed by atoms with Crippen LogP contribution in [-0.2, 0) is 6.42 Å². The largest absolute Gasteiger partial charge is 0.277 e. The van der Waals surface area contributed by atoms with Crippen LogP contribution < -0.4 is 0 Å². The summed E-state index contributed by atoms with van der Waals surface area (Å²) in [6.45, 7) is 1.94. The number of rotatable bonds is 2. The molecular weight excluding hydrogens is 142 g/mol. The normalized spacial score (nSPS) is 9.55. The summed E-state index contributed by atoms with van der Waals surface area (Å²) in [6, 6.07) is 7.64. The molecule has 1 aromatic carbocycles. The molecule has 0 aromatic heterocycles. The number of non-ortho nitro benzene ring substituents is 1. The third-order valence-corrected chi connectivity index (χ3v) is 1.42. The van der Waals surface area contributed by atoms with Crippen molar-refractivity contribution in [1.29, 1.82) is 0 Å². The fourth-order valence-corrected chi connectivity index (χ4v) is 0.816. The van der Waals surface area contributed by atoms with Crippen LogP contribution >= 0.6 is 0 Å². The van der Waals surface area contributed by atoms with Gasteiger partial charge in [-0.15, -0.1) is 0 Å². The van der Waals surface area contributed by atoms with E-state index in [2.05, 4.69) is 6.07 Å². The van der Waals surface area contributed by atoms with Gasteiger partial charge in [-0.2, -0.15) is 0 Å². The molecule has 0 saturated heterocycles. The zero-order valence-corrected chi connectivity index (χ0v) is 6.20. The molecular formula is C8H8NO2. The van der Waals surface area contributed by atoms with Gasteiger partial charge in [0.05, 0.1) is 11.0 Å². The number of nitrogens with zero attached hydrogens (tertiary/aromatic N) is 1. The standard InChI is InChI=1S/C8H8NO2/c1-2-7-4-3-5-8(6-7)9(10)11/h3-5H,2H2,1H3. The first-order valence-corrected chi connectivity index (χ1v) is 3.39. The molecule has 0 amide bonds. The average molecular weight is 150 g/mol. The van der Waals surface area contributed by atoms with Gasteiger partial charge in [-0.1, -0.05) is 19.1 Å². The maximum absolute atomic E-state index is 10.2. The zero-order valence-electron chi connectivity index (χ0n) is 6.20. The van der Waals surface area contributed by atoms with Crippen LogP contribution in [0, 0.1) is 16.2 Å². The summed E-state index contributed by atoms with van der Waals surface area (Å²) in [5.41, 5.74) is 0.920. The summed E-state index contributed by atoms with van der Waals surface area (Å²) in [6.07, 6.45) is 0.779. The topological polar surface area (TPSA) is 43.1 Å². The summed E-state index contributed by atoms with van der Waals surface area (Å²) in [5.74, 6) is 0. The minimum atomic E-state index is -0.431. The van der Waals surface area contributed by atoms with E-state index in [-0.39, 0.29) is 5.69 Å². The van der Waals surface area contributed by atoms with Gasteiger partial charge in [0.15, 0.2) is 0 Å². The molecule has 3 nitrogen and oxygen atoms in total. The van der Waals surface area contributed by atoms with Crippen LogP contribution in [0.1, 0.15) is 12.5 Å². The molecule has 1 rings (SSSR count). The molecule has 0 N–H and O–H groups in total. The summed E-state index contributed by atoms with van der Waals surface area (Å²) < 4.78 is 0. The first-order chi connectivity index (χ1) is 5.24. The van der Waals surface area contributed by atoms with Crippen LogP contribution in [0.5, 0.6) is 0 Å². The number of nitro groups is 1. The summed E-state index contributed by atoms with van der Waals surface area (Å²) in [4.78, 5) is 9.81. The second-order valence-corrected chi connectivity index (χ2v) is 2.17. The monoisotopic (exact) mass is 150 g/mol. The third kappa shape index (κ3) is 1.77. The van der Waals surface area contributed by atoms with E-state index < -0.39 is 4.92 Å². The second kappa shape index (κ2) is 3.14. The Kier molecular flexibility index (Phi) is 2.21. The number of hydrogen-bond donors (Lipinski definition) is 0. The molecule has 0 aliphatic rings. The van der Waals surface area contributed by atoms with Crippen molar-refractivity contribution >= 4 is 5.69 Å². The van der Waals surface area contributed by atoms with Gasteiger partial charge in [0, 0.05) is 6.07 Å². The van der Waals surface area contributed by atoms with Crippen molar-refractivity contribution in [3.8, 4) is 0 Å². The maximum Gasteiger partial charge on any atom is 0.277 e. The Balaban J connectivity index is 3.01. The smallest absolute Gasteiger partial charge is 0.258 e. The van der Waals surface area contributed by atoms with E-state index in [1.54, 1.807) is 6.07 Å². The van der Waals surface area contributed by atoms with E-state index in [9.17, 15) is 10.1 Å². The number of hydrogen-bond acceptors (Lipinski definition) is 2. The van der Waals surface area contributed by atoms with Gasteiger partial charge < -0.3 is 0 Å². The molecule has 0 aliphatic carbocycles. The summed E-state index contributed by atoms with van der Waals surface area (Å²) in [7, 11) is 0. The molecule has 1 radical (unpaired) electrons. The van der Waals surface area contributed by atoms with Crippen molar-refractivity contribution in [2.75, 3.05) is 0 Å². The van der Waals surface area contributed by atoms with E-state index in [0.717, 1.165) is 12.0 Å². The molecule has 0 aliphatic heterocycles. The minimum Gasteiger partial charge on any atom is -0.258 e. The molecule has 57 valence electrons. The molecule has 0 fully saturated rings. The third-order valence-electron chi connectivity index (χ3n) is 1.42. The predicted molar refractivity (Wildman–Crippen MR) is 41.3 cm³/mol. The first kappa shape index (κ1) is 7.72. The zero-order chi connectivity index (χ0) is 8.27. The summed E-state index contributed by atoms with van der Waals surface area (Å²) >= 11 is 0. The van der Waals surface area contributed by atoms with Gasteiger partial charge in [-0.05, 0) is 12.0 Å². The van der Waals surface area contributed by atoms with Gasteiger partial charge in [0.2, 0.25) is 0 Å². The van der Waals surface area contributed by atoms with Crippen LogP contribution in [0.3, 0.4) is 0 Å². The van der Waals surface area contributed by atoms with Gasteiger partial charge in [-0.3, -0.25) is 10.1 Å². The molecule has 0 saturated carbocycles. The molecule has 0 unspecified atom stereocenters. The molecule has 1 aromatic rings. The Morgan fingerprint density at radius 3 is 2.91 bits per heavy atom. The van der Waals surface area contributed by atoms with Crippen molar-refractivity contribution in [2.24, 2.45) is 0 Å². The minimum absolute atomic E-state index is 0.0457. The highest BCUT2D eigenvalue weighted by Gasteiger charge is 2.04. The molecule has 3 heteroatoms. The van der Waals surface area contributed by atoms with E-state index >= 15 is 0 Å². The van der Waals surface area contributed by atoms with E-state index in [4.69, 9.17) is 0 Å². The Bertz CT molecular complexity index is 271. The van der Waals surface area contributed by atoms with Gasteiger partial charge in [0.25, 0.3) is 5.69 Å². The van der Waals surface area contributed by atoms with E-state index in [1.807, 2.05) is 13.0 Å². The lowest BCUT2D eigenvalue weighted by Crippen LogP contribution is -1.89. The highest BCUT2D eigenvalue weighted by molar-refractivity contribution is 5.32. The van der Waals surface area contributed by atoms with Crippen molar-refractivity contribution in [3.63, 3.8) is 0 Å². The van der Waals surface area contributed by atoms with Gasteiger partial charge in [0.1, 0.15) is 0 Å². The first-order valence-electron chi connectivity index (χ1n) is 3.39. The number of aryl methyl sites for hydroxylation is 1. The Morgan fingerprint density at radius 1 is 1.64 bits per heavy atom. The average Bonchev–Trinajstić information content (AvgIpc) is 2.05. The van der Waals surface area contributed by atoms with Crippen molar-refractivity contribution in [3.05, 3.63) is 39.9 Å². The fourth-order valence-electron chi connectivity index (χ4n) is 0.816. The van der Waals surface area contributed by atoms with Gasteiger partial charge in [-0.25, -0.2) is 0 Å². The Morgan fingerprint density at radius 2 is 2.36 bits per heavy atom. The number of benzene rings is 1. The van der Waals surface area contributed by atoms with E-state index in [0.29, 0.717) is 0 Å². The van der Waals surface area contributed by atoms with Crippen molar-refractivity contribution in [1.82, 2.24) is 0 Å². The lowest BCUT2D eigenvalue weighted by atomic mass is 10.1. The fraction of sp³-hybridized carbons (Fsp3) is 0.250. The highest BCUT2D eigenvalue weighted by atomic mass is 16.6. The van der Waals surface area contributed by atoms with Crippen LogP contribution in [0.25, 0.3) is 0 Å². The molecule has 0 atom stereocenters. The van der Waals surface area contributed by atoms with Crippen molar-refractivity contribution < 1.29 is 4.92 Å². The van der Waals surface area contributed by atoms with Crippen LogP contribution in [0.4, 0.5) is 5.69 Å². The Labute approximate surface area is 64.8 Å². The molecule has 0 spiro atoms. The second-order valence-electron chi connectivity index (χ2n) is 2.17. The predicted octanol–water partition coefficient (Wildman–Crippen LogP) is 1.96. The highest BCUT2D eigenvalue weighted by Crippen LogP contribution is 2.11. The van der Waals surface area contributed by atoms with Crippen molar-refractivity contribution in [2.45, 2.75) is 13.3 Å². The number of nitro benzene ring substituents is 1. The van der Waals surface area contributed by atoms with Crippen LogP contribution in [-0.4, -0.2) is 4.92 Å². The van der Waals surface area contributed by atoms with Gasteiger partial charge >= 0.3 is 0 Å². The van der Waals surface area contributed by atoms with Crippen LogP contribution in [0.15, 0.2) is 18.2 Å². The SMILES string of the molecule is CCc1[c]c([N+](=O)[O-])ccc1. The molecule has 11 heavy (non-hydrogen) atoms. The Hall–Kier alpha value is -1.38. The van der Waals surface area contributed by atoms with E-state index in [1.165, 1.54) is 6.07 Å². The maximum atomic E-state index is 10.2. The lowest BCUT2D eigenvalue weighted by molar-refractivity contribution is -0.385. The quantitative estimate of drug-likeness (QED) is 0.477. The molecule has 0 bridgehead atoms.